The van der Waals surface area contributed by atoms with Crippen LogP contribution in [0.3, 0.4) is 0 Å². The highest BCUT2D eigenvalue weighted by molar-refractivity contribution is 6.34. The highest BCUT2D eigenvalue weighted by Crippen LogP contribution is 2.30. The quantitative estimate of drug-likeness (QED) is 0.687. The molecule has 0 saturated carbocycles. The minimum absolute atomic E-state index is 0.267. The van der Waals surface area contributed by atoms with E-state index in [-0.39, 0.29) is 12.2 Å². The molecule has 27 heavy (non-hydrogen) atoms. The average molecular weight is 419 g/mol. The monoisotopic (exact) mass is 418 g/mol. The first-order valence-electron chi connectivity index (χ1n) is 8.03. The molecule has 1 fully saturated rings. The standard InChI is InChI=1S/C18H15Cl2F3N2O2/c19-13-7-11(8-14(20)9-13)16-10-25(5-6-27-16)17(26)24-15-3-1-12(2-4-15)18(21,22)23/h1-4,7-9,16H,5-6,10H2,(H,24,26). The summed E-state index contributed by atoms with van der Waals surface area (Å²) in [7, 11) is 0. The average Bonchev–Trinajstić information content (AvgIpc) is 2.61. The van der Waals surface area contributed by atoms with Crippen molar-refractivity contribution in [2.45, 2.75) is 12.3 Å². The number of ether oxygens (including phenoxy) is 1. The molecular formula is C18H15Cl2F3N2O2. The van der Waals surface area contributed by atoms with Gasteiger partial charge in [0.25, 0.3) is 0 Å². The van der Waals surface area contributed by atoms with E-state index in [1.54, 1.807) is 18.2 Å². The summed E-state index contributed by atoms with van der Waals surface area (Å²) in [6, 6.07) is 8.90. The molecule has 0 bridgehead atoms. The van der Waals surface area contributed by atoms with Gasteiger partial charge in [-0.2, -0.15) is 13.2 Å². The molecule has 1 N–H and O–H groups in total. The van der Waals surface area contributed by atoms with Crippen LogP contribution in [0, 0.1) is 0 Å². The van der Waals surface area contributed by atoms with Gasteiger partial charge < -0.3 is 15.0 Å². The number of halogens is 5. The number of nitrogens with zero attached hydrogens (tertiary/aromatic N) is 1. The molecule has 3 rings (SSSR count). The Hall–Kier alpha value is -1.96. The Labute approximate surface area is 163 Å². The van der Waals surface area contributed by atoms with Crippen molar-refractivity contribution in [1.29, 1.82) is 0 Å². The predicted octanol–water partition coefficient (Wildman–Crippen LogP) is 5.62. The maximum absolute atomic E-state index is 12.6. The van der Waals surface area contributed by atoms with E-state index in [0.29, 0.717) is 23.2 Å². The van der Waals surface area contributed by atoms with Crippen LogP contribution in [0.15, 0.2) is 42.5 Å². The molecule has 144 valence electrons. The summed E-state index contributed by atoms with van der Waals surface area (Å²) in [5.74, 6) is 0. The summed E-state index contributed by atoms with van der Waals surface area (Å²) in [4.78, 5) is 14.0. The van der Waals surface area contributed by atoms with Crippen LogP contribution in [-0.2, 0) is 10.9 Å². The Kier molecular flexibility index (Phi) is 5.83. The van der Waals surface area contributed by atoms with E-state index in [0.717, 1.165) is 17.7 Å². The van der Waals surface area contributed by atoms with Crippen molar-refractivity contribution in [2.75, 3.05) is 25.0 Å². The lowest BCUT2D eigenvalue weighted by molar-refractivity contribution is -0.137. The molecule has 1 atom stereocenters. The van der Waals surface area contributed by atoms with Crippen LogP contribution >= 0.6 is 23.2 Å². The number of urea groups is 1. The third kappa shape index (κ3) is 5.06. The first kappa shape index (κ1) is 19.8. The van der Waals surface area contributed by atoms with Gasteiger partial charge in [0, 0.05) is 22.3 Å². The van der Waals surface area contributed by atoms with Crippen LogP contribution in [0.1, 0.15) is 17.2 Å². The zero-order valence-electron chi connectivity index (χ0n) is 13.9. The van der Waals surface area contributed by atoms with Gasteiger partial charge in [0.2, 0.25) is 0 Å². The maximum Gasteiger partial charge on any atom is 0.416 e. The number of rotatable bonds is 2. The van der Waals surface area contributed by atoms with E-state index in [4.69, 9.17) is 27.9 Å². The molecule has 0 spiro atoms. The Morgan fingerprint density at radius 3 is 2.33 bits per heavy atom. The fourth-order valence-electron chi connectivity index (χ4n) is 2.74. The number of benzene rings is 2. The number of carbonyl (C=O) groups excluding carboxylic acids is 1. The van der Waals surface area contributed by atoms with Crippen LogP contribution in [-0.4, -0.2) is 30.6 Å². The number of hydrogen-bond donors (Lipinski definition) is 1. The molecule has 2 aromatic rings. The van der Waals surface area contributed by atoms with Crippen molar-refractivity contribution >= 4 is 34.9 Å². The number of hydrogen-bond acceptors (Lipinski definition) is 2. The third-order valence-corrected chi connectivity index (χ3v) is 4.51. The largest absolute Gasteiger partial charge is 0.416 e. The molecule has 0 radical (unpaired) electrons. The van der Waals surface area contributed by atoms with Gasteiger partial charge in [-0.15, -0.1) is 0 Å². The molecule has 1 heterocycles. The number of morpholine rings is 1. The second-order valence-electron chi connectivity index (χ2n) is 6.01. The molecule has 4 nitrogen and oxygen atoms in total. The van der Waals surface area contributed by atoms with E-state index in [9.17, 15) is 18.0 Å². The van der Waals surface area contributed by atoms with Gasteiger partial charge in [-0.3, -0.25) is 0 Å². The molecule has 2 amide bonds. The number of carbonyl (C=O) groups is 1. The molecule has 1 aliphatic rings. The summed E-state index contributed by atoms with van der Waals surface area (Å²) in [5, 5.41) is 3.53. The lowest BCUT2D eigenvalue weighted by atomic mass is 10.1. The Morgan fingerprint density at radius 2 is 1.74 bits per heavy atom. The molecular weight excluding hydrogens is 404 g/mol. The zero-order valence-corrected chi connectivity index (χ0v) is 15.4. The number of alkyl halides is 3. The van der Waals surface area contributed by atoms with Gasteiger partial charge in [0.05, 0.1) is 18.7 Å². The summed E-state index contributed by atoms with van der Waals surface area (Å²) in [6.07, 6.45) is -4.81. The SMILES string of the molecule is O=C(Nc1ccc(C(F)(F)F)cc1)N1CCOC(c2cc(Cl)cc(Cl)c2)C1. The van der Waals surface area contributed by atoms with E-state index in [1.165, 1.54) is 17.0 Å². The molecule has 0 aliphatic carbocycles. The Morgan fingerprint density at radius 1 is 1.11 bits per heavy atom. The minimum atomic E-state index is -4.42. The van der Waals surface area contributed by atoms with Crippen LogP contribution in [0.25, 0.3) is 0 Å². The third-order valence-electron chi connectivity index (χ3n) is 4.07. The molecule has 1 unspecified atom stereocenters. The first-order chi connectivity index (χ1) is 12.7. The van der Waals surface area contributed by atoms with E-state index in [2.05, 4.69) is 5.32 Å². The second-order valence-corrected chi connectivity index (χ2v) is 6.89. The second kappa shape index (κ2) is 7.96. The van der Waals surface area contributed by atoms with Crippen LogP contribution in [0.4, 0.5) is 23.7 Å². The summed E-state index contributed by atoms with van der Waals surface area (Å²) in [6.45, 7) is 0.940. The van der Waals surface area contributed by atoms with Crippen molar-refractivity contribution in [1.82, 2.24) is 4.90 Å². The van der Waals surface area contributed by atoms with Crippen LogP contribution < -0.4 is 5.32 Å². The summed E-state index contributed by atoms with van der Waals surface area (Å²) in [5.41, 5.74) is 0.256. The highest BCUT2D eigenvalue weighted by Gasteiger charge is 2.30. The van der Waals surface area contributed by atoms with Gasteiger partial charge >= 0.3 is 12.2 Å². The van der Waals surface area contributed by atoms with E-state index < -0.39 is 23.9 Å². The smallest absolute Gasteiger partial charge is 0.370 e. The van der Waals surface area contributed by atoms with Crippen LogP contribution in [0.5, 0.6) is 0 Å². The van der Waals surface area contributed by atoms with Gasteiger partial charge in [0.15, 0.2) is 0 Å². The van der Waals surface area contributed by atoms with Crippen LogP contribution in [0.2, 0.25) is 10.0 Å². The topological polar surface area (TPSA) is 41.6 Å². The van der Waals surface area contributed by atoms with Crippen molar-refractivity contribution in [3.63, 3.8) is 0 Å². The Bertz CT molecular complexity index is 808. The Balaban J connectivity index is 1.66. The van der Waals surface area contributed by atoms with Gasteiger partial charge in [-0.05, 0) is 48.0 Å². The molecule has 9 heteroatoms. The fraction of sp³-hybridized carbons (Fsp3) is 0.278. The minimum Gasteiger partial charge on any atom is -0.370 e. The van der Waals surface area contributed by atoms with Gasteiger partial charge in [0.1, 0.15) is 6.10 Å². The number of amides is 2. The molecule has 1 saturated heterocycles. The first-order valence-corrected chi connectivity index (χ1v) is 8.79. The fourth-order valence-corrected chi connectivity index (χ4v) is 3.28. The van der Waals surface area contributed by atoms with Crippen molar-refractivity contribution in [3.8, 4) is 0 Å². The predicted molar refractivity (Wildman–Crippen MR) is 97.2 cm³/mol. The van der Waals surface area contributed by atoms with E-state index in [1.807, 2.05) is 0 Å². The van der Waals surface area contributed by atoms with Crippen molar-refractivity contribution < 1.29 is 22.7 Å². The molecule has 0 aromatic heterocycles. The van der Waals surface area contributed by atoms with Gasteiger partial charge in [-0.25, -0.2) is 4.79 Å². The maximum atomic E-state index is 12.6. The summed E-state index contributed by atoms with van der Waals surface area (Å²) >= 11 is 12.0. The highest BCUT2D eigenvalue weighted by atomic mass is 35.5. The number of anilines is 1. The normalized spacial score (nSPS) is 17.7. The lowest BCUT2D eigenvalue weighted by Crippen LogP contribution is -2.44. The lowest BCUT2D eigenvalue weighted by Gasteiger charge is -2.33. The number of nitrogens with one attached hydrogen (secondary N) is 1. The van der Waals surface area contributed by atoms with Crippen molar-refractivity contribution in [3.05, 3.63) is 63.6 Å². The van der Waals surface area contributed by atoms with Gasteiger partial charge in [-0.1, -0.05) is 23.2 Å². The molecule has 1 aliphatic heterocycles. The summed E-state index contributed by atoms with van der Waals surface area (Å²) < 4.78 is 43.5. The van der Waals surface area contributed by atoms with E-state index >= 15 is 0 Å². The zero-order chi connectivity index (χ0) is 19.6. The molecule has 2 aromatic carbocycles. The van der Waals surface area contributed by atoms with Crippen molar-refractivity contribution in [2.24, 2.45) is 0 Å².